The van der Waals surface area contributed by atoms with E-state index in [0.29, 0.717) is 18.8 Å². The maximum absolute atomic E-state index is 11.0. The van der Waals surface area contributed by atoms with Crippen LogP contribution in [0.4, 0.5) is 0 Å². The van der Waals surface area contributed by atoms with Gasteiger partial charge in [0, 0.05) is 0 Å². The molecule has 1 aliphatic rings. The molecule has 0 heterocycles. The second-order valence-corrected chi connectivity index (χ2v) is 5.83. The Morgan fingerprint density at radius 2 is 2.17 bits per heavy atom. The van der Waals surface area contributed by atoms with Crippen LogP contribution >= 0.6 is 7.60 Å². The van der Waals surface area contributed by atoms with Crippen LogP contribution in [0.25, 0.3) is 0 Å². The lowest BCUT2D eigenvalue weighted by atomic mass is 9.87. The van der Waals surface area contributed by atoms with E-state index < -0.39 is 12.9 Å². The van der Waals surface area contributed by atoms with Gasteiger partial charge in [-0.3, -0.25) is 4.57 Å². The highest BCUT2D eigenvalue weighted by Gasteiger charge is 2.45. The topological polar surface area (TPSA) is 83.6 Å². The van der Waals surface area contributed by atoms with Crippen molar-refractivity contribution in [1.29, 1.82) is 0 Å². The van der Waals surface area contributed by atoms with Gasteiger partial charge in [0.2, 0.25) is 0 Å². The van der Waals surface area contributed by atoms with Crippen molar-refractivity contribution in [2.24, 2.45) is 11.7 Å². The normalized spacial score (nSPS) is 38.2. The summed E-state index contributed by atoms with van der Waals surface area (Å²) in [4.78, 5) is 18.0. The minimum absolute atomic E-state index is 0.330. The van der Waals surface area contributed by atoms with Crippen LogP contribution in [0.1, 0.15) is 32.6 Å². The third kappa shape index (κ3) is 1.88. The third-order valence-electron chi connectivity index (χ3n) is 2.59. The van der Waals surface area contributed by atoms with Gasteiger partial charge in [-0.25, -0.2) is 0 Å². The van der Waals surface area contributed by atoms with Gasteiger partial charge < -0.3 is 15.5 Å². The molecule has 2 unspecified atom stereocenters. The van der Waals surface area contributed by atoms with Crippen LogP contribution in [0, 0.1) is 5.92 Å². The van der Waals surface area contributed by atoms with Gasteiger partial charge in [0.25, 0.3) is 0 Å². The van der Waals surface area contributed by atoms with Gasteiger partial charge in [-0.15, -0.1) is 0 Å². The summed E-state index contributed by atoms with van der Waals surface area (Å²) in [6, 6.07) is 0. The number of nitrogens with two attached hydrogens (primary N) is 1. The summed E-state index contributed by atoms with van der Waals surface area (Å²) in [6.07, 6.45) is 2.74. The molecule has 72 valence electrons. The largest absolute Gasteiger partial charge is 0.345 e. The molecule has 1 saturated carbocycles. The van der Waals surface area contributed by atoms with E-state index in [4.69, 9.17) is 15.5 Å². The Morgan fingerprint density at radius 1 is 1.58 bits per heavy atom. The van der Waals surface area contributed by atoms with Crippen LogP contribution in [-0.4, -0.2) is 15.1 Å². The van der Waals surface area contributed by atoms with Crippen LogP contribution in [-0.2, 0) is 4.57 Å². The van der Waals surface area contributed by atoms with Gasteiger partial charge in [-0.2, -0.15) is 0 Å². The highest BCUT2D eigenvalue weighted by molar-refractivity contribution is 7.53. The van der Waals surface area contributed by atoms with E-state index in [1.165, 1.54) is 0 Å². The monoisotopic (exact) mass is 193 g/mol. The molecule has 0 bridgehead atoms. The smallest absolute Gasteiger partial charge is 0.323 e. The van der Waals surface area contributed by atoms with Crippen molar-refractivity contribution in [2.75, 3.05) is 0 Å². The van der Waals surface area contributed by atoms with Crippen LogP contribution in [0.15, 0.2) is 0 Å². The lowest BCUT2D eigenvalue weighted by Crippen LogP contribution is -2.43. The van der Waals surface area contributed by atoms with Gasteiger partial charge in [0.15, 0.2) is 0 Å². The minimum Gasteiger partial charge on any atom is -0.323 e. The highest BCUT2D eigenvalue weighted by Crippen LogP contribution is 2.54. The van der Waals surface area contributed by atoms with Crippen molar-refractivity contribution in [1.82, 2.24) is 0 Å². The van der Waals surface area contributed by atoms with Crippen LogP contribution in [0.3, 0.4) is 0 Å². The molecule has 0 aromatic carbocycles. The third-order valence-corrected chi connectivity index (χ3v) is 4.16. The van der Waals surface area contributed by atoms with Gasteiger partial charge in [0.1, 0.15) is 5.28 Å². The Labute approximate surface area is 72.3 Å². The molecule has 2 atom stereocenters. The van der Waals surface area contributed by atoms with E-state index in [9.17, 15) is 4.57 Å². The summed E-state index contributed by atoms with van der Waals surface area (Å²) in [6.45, 7) is 1.98. The predicted octanol–water partition coefficient (Wildman–Crippen LogP) is 1.03. The van der Waals surface area contributed by atoms with Gasteiger partial charge in [-0.1, -0.05) is 19.8 Å². The van der Waals surface area contributed by atoms with Crippen molar-refractivity contribution in [3.8, 4) is 0 Å². The Morgan fingerprint density at radius 3 is 2.50 bits per heavy atom. The van der Waals surface area contributed by atoms with E-state index in [1.807, 2.05) is 6.92 Å². The molecule has 4 nitrogen and oxygen atoms in total. The quantitative estimate of drug-likeness (QED) is 0.543. The Bertz CT molecular complexity index is 215. The van der Waals surface area contributed by atoms with Crippen LogP contribution in [0.2, 0.25) is 0 Å². The summed E-state index contributed by atoms with van der Waals surface area (Å²) >= 11 is 0. The first-order valence-electron chi connectivity index (χ1n) is 4.20. The summed E-state index contributed by atoms with van der Waals surface area (Å²) in [5, 5.41) is -1.25. The van der Waals surface area contributed by atoms with E-state index >= 15 is 0 Å². The molecular weight excluding hydrogens is 177 g/mol. The maximum Gasteiger partial charge on any atom is 0.345 e. The summed E-state index contributed by atoms with van der Waals surface area (Å²) < 4.78 is 11.0. The average molecular weight is 193 g/mol. The Kier molecular flexibility index (Phi) is 2.64. The highest BCUT2D eigenvalue weighted by atomic mass is 31.2. The van der Waals surface area contributed by atoms with E-state index in [-0.39, 0.29) is 0 Å². The van der Waals surface area contributed by atoms with Crippen molar-refractivity contribution >= 4 is 7.60 Å². The zero-order valence-corrected chi connectivity index (χ0v) is 8.13. The number of rotatable bonds is 1. The first-order valence-corrected chi connectivity index (χ1v) is 5.81. The fourth-order valence-electron chi connectivity index (χ4n) is 1.83. The molecule has 0 aromatic heterocycles. The fourth-order valence-corrected chi connectivity index (χ4v) is 2.83. The fraction of sp³-hybridized carbons (Fsp3) is 1.00. The molecule has 0 saturated heterocycles. The molecule has 0 amide bonds. The van der Waals surface area contributed by atoms with E-state index in [1.54, 1.807) is 0 Å². The Hall–Kier alpha value is 0.110. The average Bonchev–Trinajstić information content (AvgIpc) is 1.83. The second-order valence-electron chi connectivity index (χ2n) is 3.85. The van der Waals surface area contributed by atoms with Crippen LogP contribution < -0.4 is 5.73 Å². The van der Waals surface area contributed by atoms with E-state index in [2.05, 4.69) is 0 Å². The molecule has 12 heavy (non-hydrogen) atoms. The van der Waals surface area contributed by atoms with Crippen molar-refractivity contribution < 1.29 is 14.4 Å². The minimum atomic E-state index is -4.11. The second kappa shape index (κ2) is 3.11. The predicted molar refractivity (Wildman–Crippen MR) is 46.6 cm³/mol. The van der Waals surface area contributed by atoms with Crippen molar-refractivity contribution in [2.45, 2.75) is 37.9 Å². The van der Waals surface area contributed by atoms with E-state index in [0.717, 1.165) is 12.8 Å². The number of hydrogen-bond acceptors (Lipinski definition) is 2. The maximum atomic E-state index is 11.0. The SMILES string of the molecule is CC1CCCC(N)(P(=O)(O)O)C1. The first-order chi connectivity index (χ1) is 5.35. The molecule has 4 N–H and O–H groups in total. The van der Waals surface area contributed by atoms with Crippen molar-refractivity contribution in [3.05, 3.63) is 0 Å². The van der Waals surface area contributed by atoms with Gasteiger partial charge in [0.05, 0.1) is 0 Å². The zero-order chi connectivity index (χ0) is 9.41. The number of hydrogen-bond donors (Lipinski definition) is 3. The standard InChI is InChI=1S/C7H16NO3P/c1-6-3-2-4-7(8,5-6)12(9,10)11/h6H,2-5,8H2,1H3,(H2,9,10,11). The van der Waals surface area contributed by atoms with Gasteiger partial charge >= 0.3 is 7.60 Å². The molecule has 5 heteroatoms. The Balaban J connectivity index is 2.77. The lowest BCUT2D eigenvalue weighted by Gasteiger charge is -2.36. The molecule has 0 radical (unpaired) electrons. The zero-order valence-electron chi connectivity index (χ0n) is 7.23. The van der Waals surface area contributed by atoms with Gasteiger partial charge in [-0.05, 0) is 18.8 Å². The molecule has 1 aliphatic carbocycles. The molecule has 0 spiro atoms. The lowest BCUT2D eigenvalue weighted by molar-refractivity contribution is 0.247. The summed E-state index contributed by atoms with van der Waals surface area (Å²) in [5.74, 6) is 0.330. The first kappa shape index (κ1) is 10.2. The molecule has 0 aliphatic heterocycles. The summed E-state index contributed by atoms with van der Waals surface area (Å²) in [5.41, 5.74) is 5.66. The summed E-state index contributed by atoms with van der Waals surface area (Å²) in [7, 11) is -4.11. The van der Waals surface area contributed by atoms with Crippen molar-refractivity contribution in [3.63, 3.8) is 0 Å². The molecule has 0 aromatic rings. The molecular formula is C7H16NO3P. The molecule has 1 fully saturated rings. The molecule has 1 rings (SSSR count). The van der Waals surface area contributed by atoms with Crippen LogP contribution in [0.5, 0.6) is 0 Å².